The average Bonchev–Trinajstić information content (AvgIpc) is 2.96. The molecule has 0 unspecified atom stereocenters. The van der Waals surface area contributed by atoms with Crippen LogP contribution in [0.4, 0.5) is 0 Å². The summed E-state index contributed by atoms with van der Waals surface area (Å²) in [4.78, 5) is 15.9. The summed E-state index contributed by atoms with van der Waals surface area (Å²) in [5.74, 6) is 0.0671. The number of nitrogens with zero attached hydrogens (tertiary/aromatic N) is 1. The predicted octanol–water partition coefficient (Wildman–Crippen LogP) is 0.978. The van der Waals surface area contributed by atoms with E-state index in [0.717, 1.165) is 11.1 Å². The Morgan fingerprint density at radius 1 is 1.42 bits per heavy atom. The van der Waals surface area contributed by atoms with Gasteiger partial charge in [-0.15, -0.1) is 0 Å². The van der Waals surface area contributed by atoms with Crippen molar-refractivity contribution in [3.63, 3.8) is 0 Å². The van der Waals surface area contributed by atoms with Gasteiger partial charge in [-0.25, -0.2) is 8.42 Å². The molecule has 24 heavy (non-hydrogen) atoms. The fraction of sp³-hybridized carbons (Fsp3) is 0.529. The van der Waals surface area contributed by atoms with Crippen LogP contribution in [-0.2, 0) is 31.3 Å². The molecule has 0 saturated carbocycles. The van der Waals surface area contributed by atoms with Crippen LogP contribution in [0.2, 0.25) is 0 Å². The van der Waals surface area contributed by atoms with E-state index < -0.39 is 20.1 Å². The fourth-order valence-electron chi connectivity index (χ4n) is 3.51. The Balaban J connectivity index is 2.06. The zero-order valence-electron chi connectivity index (χ0n) is 13.9. The molecule has 2 atom stereocenters. The highest BCUT2D eigenvalue weighted by atomic mass is 32.2. The largest absolute Gasteiger partial charge is 0.386 e. The summed E-state index contributed by atoms with van der Waals surface area (Å²) in [5.41, 5.74) is 6.76. The monoisotopic (exact) mass is 350 g/mol. The zero-order chi connectivity index (χ0) is 17.6. The highest BCUT2D eigenvalue weighted by Gasteiger charge is 2.56. The number of aliphatic imine (C=N–C) groups is 1. The molecule has 1 spiro atoms. The molecular weight excluding hydrogens is 328 g/mol. The molecule has 2 aliphatic heterocycles. The normalized spacial score (nSPS) is 31.8. The molecule has 1 fully saturated rings. The SMILES string of the molecule is CC(=O)Cc1cccc([C@]2(C)CS(=O)(=O)[C@@]3(CCOC3)C(N)=N2)c1. The molecule has 1 saturated heterocycles. The number of hydrogen-bond donors (Lipinski definition) is 1. The van der Waals surface area contributed by atoms with Crippen molar-refractivity contribution in [1.82, 2.24) is 0 Å². The van der Waals surface area contributed by atoms with E-state index in [-0.39, 0.29) is 24.0 Å². The van der Waals surface area contributed by atoms with Crippen molar-refractivity contribution >= 4 is 21.5 Å². The van der Waals surface area contributed by atoms with Gasteiger partial charge in [-0.3, -0.25) is 9.79 Å². The topological polar surface area (TPSA) is 98.8 Å². The van der Waals surface area contributed by atoms with E-state index in [2.05, 4.69) is 4.99 Å². The minimum atomic E-state index is -3.51. The predicted molar refractivity (Wildman–Crippen MR) is 91.8 cm³/mol. The van der Waals surface area contributed by atoms with Crippen molar-refractivity contribution in [2.45, 2.75) is 37.0 Å². The van der Waals surface area contributed by atoms with E-state index in [1.54, 1.807) is 6.92 Å². The number of rotatable bonds is 3. The summed E-state index contributed by atoms with van der Waals surface area (Å²) in [7, 11) is -3.51. The molecule has 1 aromatic carbocycles. The first kappa shape index (κ1) is 17.1. The van der Waals surface area contributed by atoms with Gasteiger partial charge in [0.2, 0.25) is 0 Å². The molecule has 6 nitrogen and oxygen atoms in total. The third-order valence-electron chi connectivity index (χ3n) is 4.89. The van der Waals surface area contributed by atoms with Crippen molar-refractivity contribution in [3.05, 3.63) is 35.4 Å². The summed E-state index contributed by atoms with van der Waals surface area (Å²) in [6, 6.07) is 7.35. The van der Waals surface area contributed by atoms with Gasteiger partial charge < -0.3 is 10.5 Å². The lowest BCUT2D eigenvalue weighted by atomic mass is 9.91. The summed E-state index contributed by atoms with van der Waals surface area (Å²) >= 11 is 0. The van der Waals surface area contributed by atoms with E-state index in [0.29, 0.717) is 19.4 Å². The molecule has 0 aliphatic carbocycles. The first-order chi connectivity index (χ1) is 11.2. The zero-order valence-corrected chi connectivity index (χ0v) is 14.7. The van der Waals surface area contributed by atoms with Crippen molar-refractivity contribution in [1.29, 1.82) is 0 Å². The van der Waals surface area contributed by atoms with Gasteiger partial charge in [0.05, 0.1) is 17.9 Å². The van der Waals surface area contributed by atoms with Crippen LogP contribution in [0.3, 0.4) is 0 Å². The Bertz CT molecular complexity index is 810. The second-order valence-corrected chi connectivity index (χ2v) is 9.21. The Morgan fingerprint density at radius 3 is 2.75 bits per heavy atom. The van der Waals surface area contributed by atoms with Crippen molar-refractivity contribution < 1.29 is 17.9 Å². The van der Waals surface area contributed by atoms with E-state index in [1.807, 2.05) is 24.3 Å². The van der Waals surface area contributed by atoms with Crippen LogP contribution in [0.5, 0.6) is 0 Å². The van der Waals surface area contributed by atoms with Crippen molar-refractivity contribution in [2.24, 2.45) is 10.7 Å². The molecule has 0 aromatic heterocycles. The molecule has 1 aromatic rings. The highest BCUT2D eigenvalue weighted by molar-refractivity contribution is 7.93. The highest BCUT2D eigenvalue weighted by Crippen LogP contribution is 2.40. The van der Waals surface area contributed by atoms with E-state index in [9.17, 15) is 13.2 Å². The number of hydrogen-bond acceptors (Lipinski definition) is 6. The number of carbonyl (C=O) groups is 1. The molecule has 2 heterocycles. The lowest BCUT2D eigenvalue weighted by Crippen LogP contribution is -2.58. The van der Waals surface area contributed by atoms with Crippen LogP contribution >= 0.6 is 0 Å². The molecule has 2 N–H and O–H groups in total. The maximum atomic E-state index is 13.0. The maximum absolute atomic E-state index is 13.0. The summed E-state index contributed by atoms with van der Waals surface area (Å²) < 4.78 is 30.1. The summed E-state index contributed by atoms with van der Waals surface area (Å²) in [6.07, 6.45) is 0.665. The molecule has 2 aliphatic rings. The van der Waals surface area contributed by atoms with Gasteiger partial charge in [0.25, 0.3) is 0 Å². The molecule has 7 heteroatoms. The van der Waals surface area contributed by atoms with Gasteiger partial charge in [-0.05, 0) is 31.4 Å². The Labute approximate surface area is 142 Å². The standard InChI is InChI=1S/C17H22N2O4S/c1-12(20)8-13-4-3-5-14(9-13)16(2)11-24(21,22)17(15(18)19-16)6-7-23-10-17/h3-5,9H,6-8,10-11H2,1-2H3,(H2,18,19)/t16-,17+/m0/s1. The fourth-order valence-corrected chi connectivity index (χ4v) is 5.78. The number of Topliss-reactive ketones (excluding diaryl/α,β-unsaturated/α-hetero) is 1. The van der Waals surface area contributed by atoms with Gasteiger partial charge in [0.1, 0.15) is 11.6 Å². The summed E-state index contributed by atoms with van der Waals surface area (Å²) in [5, 5.41) is 0. The van der Waals surface area contributed by atoms with Gasteiger partial charge in [0, 0.05) is 13.0 Å². The number of ether oxygens (including phenoxy) is 1. The quantitative estimate of drug-likeness (QED) is 0.876. The van der Waals surface area contributed by atoms with E-state index >= 15 is 0 Å². The van der Waals surface area contributed by atoms with Crippen LogP contribution in [0.1, 0.15) is 31.4 Å². The van der Waals surface area contributed by atoms with Crippen LogP contribution in [-0.4, -0.2) is 43.8 Å². The van der Waals surface area contributed by atoms with Crippen LogP contribution < -0.4 is 5.73 Å². The molecule has 0 bridgehead atoms. The molecular formula is C17H22N2O4S. The summed E-state index contributed by atoms with van der Waals surface area (Å²) in [6.45, 7) is 3.75. The smallest absolute Gasteiger partial charge is 0.168 e. The lowest BCUT2D eigenvalue weighted by molar-refractivity contribution is -0.116. The second-order valence-electron chi connectivity index (χ2n) is 6.91. The third kappa shape index (κ3) is 2.65. The minimum Gasteiger partial charge on any atom is -0.386 e. The number of ketones is 1. The minimum absolute atomic E-state index is 0.0543. The number of amidine groups is 1. The number of nitrogens with two attached hydrogens (primary N) is 1. The maximum Gasteiger partial charge on any atom is 0.168 e. The second kappa shape index (κ2) is 5.67. The first-order valence-corrected chi connectivity index (χ1v) is 9.58. The first-order valence-electron chi connectivity index (χ1n) is 7.93. The Hall–Kier alpha value is -1.73. The van der Waals surface area contributed by atoms with Gasteiger partial charge in [-0.2, -0.15) is 0 Å². The van der Waals surface area contributed by atoms with Crippen LogP contribution in [0, 0.1) is 0 Å². The average molecular weight is 350 g/mol. The van der Waals surface area contributed by atoms with Crippen LogP contribution in [0.25, 0.3) is 0 Å². The van der Waals surface area contributed by atoms with Gasteiger partial charge >= 0.3 is 0 Å². The Kier molecular flexibility index (Phi) is 4.04. The molecule has 3 rings (SSSR count). The van der Waals surface area contributed by atoms with Gasteiger partial charge in [0.15, 0.2) is 14.6 Å². The van der Waals surface area contributed by atoms with Crippen molar-refractivity contribution in [3.8, 4) is 0 Å². The molecule has 0 amide bonds. The van der Waals surface area contributed by atoms with Gasteiger partial charge in [-0.1, -0.05) is 24.3 Å². The van der Waals surface area contributed by atoms with Crippen molar-refractivity contribution in [2.75, 3.05) is 19.0 Å². The third-order valence-corrected chi connectivity index (χ3v) is 7.55. The number of sulfone groups is 1. The number of benzene rings is 1. The van der Waals surface area contributed by atoms with E-state index in [4.69, 9.17) is 10.5 Å². The number of carbonyl (C=O) groups excluding carboxylic acids is 1. The lowest BCUT2D eigenvalue weighted by Gasteiger charge is -2.39. The van der Waals surface area contributed by atoms with Crippen LogP contribution in [0.15, 0.2) is 29.3 Å². The molecule has 130 valence electrons. The van der Waals surface area contributed by atoms with E-state index in [1.165, 1.54) is 6.92 Å². The molecule has 0 radical (unpaired) electrons. The Morgan fingerprint density at radius 2 is 2.17 bits per heavy atom.